The Balaban J connectivity index is 2.52. The Hall–Kier alpha value is -1.07. The summed E-state index contributed by atoms with van der Waals surface area (Å²) in [5.41, 5.74) is 1.04. The Morgan fingerprint density at radius 3 is 2.38 bits per heavy atom. The quantitative estimate of drug-likeness (QED) is 0.771. The third-order valence-corrected chi connectivity index (χ3v) is 5.65. The van der Waals surface area contributed by atoms with Gasteiger partial charge in [-0.2, -0.15) is 0 Å². The fourth-order valence-corrected chi connectivity index (χ4v) is 3.24. The van der Waals surface area contributed by atoms with Gasteiger partial charge in [0.1, 0.15) is 0 Å². The van der Waals surface area contributed by atoms with E-state index in [1.54, 1.807) is 33.0 Å². The molecule has 0 aliphatic carbocycles. The molecule has 0 fully saturated rings. The van der Waals surface area contributed by atoms with E-state index in [1.807, 2.05) is 12.1 Å². The molecule has 1 rings (SSSR count). The second-order valence-electron chi connectivity index (χ2n) is 5.18. The normalized spacial score (nSPS) is 13.0. The number of hydrogen-bond acceptors (Lipinski definition) is 3. The molecule has 0 saturated heterocycles. The van der Waals surface area contributed by atoms with Gasteiger partial charge in [0.15, 0.2) is 9.84 Å². The van der Waals surface area contributed by atoms with Gasteiger partial charge in [-0.1, -0.05) is 30.7 Å². The van der Waals surface area contributed by atoms with Gasteiger partial charge in [0.05, 0.1) is 5.75 Å². The molecule has 1 aromatic carbocycles. The van der Waals surface area contributed by atoms with Crippen molar-refractivity contribution in [1.82, 2.24) is 4.90 Å². The molecule has 0 radical (unpaired) electrons. The summed E-state index contributed by atoms with van der Waals surface area (Å²) in [7, 11) is -1.42. The summed E-state index contributed by atoms with van der Waals surface area (Å²) in [6.07, 6.45) is 0.974. The van der Waals surface area contributed by atoms with Gasteiger partial charge in [0.2, 0.25) is 5.91 Å². The summed E-state index contributed by atoms with van der Waals surface area (Å²) in [4.78, 5) is 13.6. The Bertz CT molecular complexity index is 569. The van der Waals surface area contributed by atoms with Crippen LogP contribution in [0.3, 0.4) is 0 Å². The van der Waals surface area contributed by atoms with Crippen molar-refractivity contribution in [2.45, 2.75) is 32.7 Å². The monoisotopic (exact) mass is 331 g/mol. The molecule has 0 bridgehead atoms. The number of aryl methyl sites for hydroxylation is 1. The summed E-state index contributed by atoms with van der Waals surface area (Å²) in [5.74, 6) is 0.0559. The molecule has 0 aliphatic heterocycles. The second-order valence-corrected chi connectivity index (χ2v) is 8.01. The van der Waals surface area contributed by atoms with Crippen LogP contribution >= 0.6 is 11.6 Å². The predicted molar refractivity (Wildman–Crippen MR) is 86.3 cm³/mol. The van der Waals surface area contributed by atoms with Crippen LogP contribution in [0.4, 0.5) is 0 Å². The first kappa shape index (κ1) is 18.0. The molecule has 0 spiro atoms. The summed E-state index contributed by atoms with van der Waals surface area (Å²) >= 11 is 5.81. The van der Waals surface area contributed by atoms with E-state index in [0.717, 1.165) is 5.56 Å². The van der Waals surface area contributed by atoms with Crippen LogP contribution in [-0.4, -0.2) is 43.8 Å². The number of carbonyl (C=O) groups excluding carboxylic acids is 1. The fourth-order valence-electron chi connectivity index (χ4n) is 1.92. The SMILES string of the molecule is CCS(=O)(=O)CC(C)N(C)C(=O)CCc1ccc(Cl)cc1. The lowest BCUT2D eigenvalue weighted by Crippen LogP contribution is -2.39. The van der Waals surface area contributed by atoms with E-state index in [-0.39, 0.29) is 23.5 Å². The minimum Gasteiger partial charge on any atom is -0.342 e. The van der Waals surface area contributed by atoms with Crippen LogP contribution in [-0.2, 0) is 21.1 Å². The maximum Gasteiger partial charge on any atom is 0.222 e. The number of hydrogen-bond donors (Lipinski definition) is 0. The Labute approximate surface area is 132 Å². The van der Waals surface area contributed by atoms with Gasteiger partial charge in [-0.05, 0) is 31.0 Å². The highest BCUT2D eigenvalue weighted by atomic mass is 35.5. The fraction of sp³-hybridized carbons (Fsp3) is 0.533. The molecular weight excluding hydrogens is 310 g/mol. The molecule has 0 aliphatic rings. The van der Waals surface area contributed by atoms with Crippen LogP contribution in [0.2, 0.25) is 5.02 Å². The van der Waals surface area contributed by atoms with E-state index in [4.69, 9.17) is 11.6 Å². The van der Waals surface area contributed by atoms with E-state index in [2.05, 4.69) is 0 Å². The molecule has 118 valence electrons. The minimum atomic E-state index is -3.08. The first-order chi connectivity index (χ1) is 9.75. The van der Waals surface area contributed by atoms with Gasteiger partial charge in [-0.3, -0.25) is 4.79 Å². The Morgan fingerprint density at radius 1 is 1.29 bits per heavy atom. The number of nitrogens with zero attached hydrogens (tertiary/aromatic N) is 1. The van der Waals surface area contributed by atoms with Crippen molar-refractivity contribution in [3.63, 3.8) is 0 Å². The summed E-state index contributed by atoms with van der Waals surface area (Å²) in [5, 5.41) is 0.667. The number of halogens is 1. The topological polar surface area (TPSA) is 54.5 Å². The molecule has 0 heterocycles. The summed E-state index contributed by atoms with van der Waals surface area (Å²) < 4.78 is 23.2. The molecule has 1 atom stereocenters. The highest BCUT2D eigenvalue weighted by Gasteiger charge is 2.20. The maximum atomic E-state index is 12.1. The zero-order chi connectivity index (χ0) is 16.0. The molecule has 1 amide bonds. The van der Waals surface area contributed by atoms with Crippen molar-refractivity contribution in [1.29, 1.82) is 0 Å². The van der Waals surface area contributed by atoms with Crippen LogP contribution < -0.4 is 0 Å². The van der Waals surface area contributed by atoms with E-state index in [1.165, 1.54) is 4.90 Å². The second kappa shape index (κ2) is 7.80. The average molecular weight is 332 g/mol. The Morgan fingerprint density at radius 2 is 1.86 bits per heavy atom. The van der Waals surface area contributed by atoms with E-state index in [9.17, 15) is 13.2 Å². The van der Waals surface area contributed by atoms with Crippen molar-refractivity contribution in [3.8, 4) is 0 Å². The van der Waals surface area contributed by atoms with Gasteiger partial charge < -0.3 is 4.90 Å². The molecule has 1 unspecified atom stereocenters. The lowest BCUT2D eigenvalue weighted by Gasteiger charge is -2.24. The van der Waals surface area contributed by atoms with Crippen LogP contribution in [0.25, 0.3) is 0 Å². The number of carbonyl (C=O) groups is 1. The van der Waals surface area contributed by atoms with E-state index in [0.29, 0.717) is 17.9 Å². The van der Waals surface area contributed by atoms with E-state index < -0.39 is 9.84 Å². The molecule has 0 saturated carbocycles. The van der Waals surface area contributed by atoms with Gasteiger partial charge in [-0.15, -0.1) is 0 Å². The molecule has 6 heteroatoms. The average Bonchev–Trinajstić information content (AvgIpc) is 2.45. The van der Waals surface area contributed by atoms with Crippen LogP contribution in [0.15, 0.2) is 24.3 Å². The molecule has 21 heavy (non-hydrogen) atoms. The third-order valence-electron chi connectivity index (χ3n) is 3.53. The summed E-state index contributed by atoms with van der Waals surface area (Å²) in [6, 6.07) is 7.05. The highest BCUT2D eigenvalue weighted by molar-refractivity contribution is 7.91. The van der Waals surface area contributed by atoms with Crippen molar-refractivity contribution in [2.75, 3.05) is 18.6 Å². The van der Waals surface area contributed by atoms with Gasteiger partial charge in [0, 0.05) is 30.3 Å². The standard InChI is InChI=1S/C15H22ClNO3S/c1-4-21(19,20)11-12(2)17(3)15(18)10-7-13-5-8-14(16)9-6-13/h5-6,8-9,12H,4,7,10-11H2,1-3H3. The number of rotatable bonds is 7. The zero-order valence-electron chi connectivity index (χ0n) is 12.7. The molecule has 0 N–H and O–H groups in total. The minimum absolute atomic E-state index is 0.00663. The van der Waals surface area contributed by atoms with Gasteiger partial charge in [0.25, 0.3) is 0 Å². The van der Waals surface area contributed by atoms with Crippen LogP contribution in [0, 0.1) is 0 Å². The zero-order valence-corrected chi connectivity index (χ0v) is 14.2. The third kappa shape index (κ3) is 6.06. The van der Waals surface area contributed by atoms with E-state index >= 15 is 0 Å². The lowest BCUT2D eigenvalue weighted by molar-refractivity contribution is -0.131. The molecule has 4 nitrogen and oxygen atoms in total. The number of amides is 1. The van der Waals surface area contributed by atoms with Crippen molar-refractivity contribution in [3.05, 3.63) is 34.9 Å². The smallest absolute Gasteiger partial charge is 0.222 e. The molecular formula is C15H22ClNO3S. The molecule has 1 aromatic rings. The van der Waals surface area contributed by atoms with Crippen molar-refractivity contribution < 1.29 is 13.2 Å². The van der Waals surface area contributed by atoms with Crippen LogP contribution in [0.5, 0.6) is 0 Å². The lowest BCUT2D eigenvalue weighted by atomic mass is 10.1. The van der Waals surface area contributed by atoms with Gasteiger partial charge in [-0.25, -0.2) is 8.42 Å². The Kier molecular flexibility index (Phi) is 6.68. The van der Waals surface area contributed by atoms with Crippen molar-refractivity contribution >= 4 is 27.3 Å². The van der Waals surface area contributed by atoms with Crippen LogP contribution in [0.1, 0.15) is 25.8 Å². The number of sulfone groups is 1. The first-order valence-corrected chi connectivity index (χ1v) is 9.15. The van der Waals surface area contributed by atoms with Crippen molar-refractivity contribution in [2.24, 2.45) is 0 Å². The van der Waals surface area contributed by atoms with Gasteiger partial charge >= 0.3 is 0 Å². The summed E-state index contributed by atoms with van der Waals surface area (Å²) in [6.45, 7) is 3.37. The maximum absolute atomic E-state index is 12.1. The molecule has 0 aromatic heterocycles. The highest BCUT2D eigenvalue weighted by Crippen LogP contribution is 2.12. The largest absolute Gasteiger partial charge is 0.342 e. The number of benzene rings is 1. The predicted octanol–water partition coefficient (Wildman–Crippen LogP) is 2.55. The first-order valence-electron chi connectivity index (χ1n) is 6.95.